The molecule has 0 aliphatic heterocycles. The van der Waals surface area contributed by atoms with Crippen LogP contribution in [0.2, 0.25) is 0 Å². The average molecular weight is 321 g/mol. The second-order valence-electron chi connectivity index (χ2n) is 5.97. The van der Waals surface area contributed by atoms with Gasteiger partial charge in [0.25, 0.3) is 0 Å². The van der Waals surface area contributed by atoms with Gasteiger partial charge in [-0.05, 0) is 51.8 Å². The lowest BCUT2D eigenvalue weighted by Crippen LogP contribution is -2.34. The van der Waals surface area contributed by atoms with Crippen LogP contribution in [0, 0.1) is 0 Å². The number of benzene rings is 1. The van der Waals surface area contributed by atoms with Gasteiger partial charge in [0.05, 0.1) is 12.6 Å². The first-order valence-electron chi connectivity index (χ1n) is 8.35. The van der Waals surface area contributed by atoms with Crippen LogP contribution < -0.4 is 10.1 Å². The second-order valence-corrected chi connectivity index (χ2v) is 5.97. The minimum absolute atomic E-state index is 0.00725. The Balaban J connectivity index is 2.44. The summed E-state index contributed by atoms with van der Waals surface area (Å²) in [5.74, 6) is 0.898. The smallest absolute Gasteiger partial charge is 0.234 e. The van der Waals surface area contributed by atoms with E-state index in [1.165, 1.54) is 0 Å². The van der Waals surface area contributed by atoms with Crippen LogP contribution in [0.4, 0.5) is 0 Å². The Hall–Kier alpha value is -1.59. The molecule has 1 unspecified atom stereocenters. The summed E-state index contributed by atoms with van der Waals surface area (Å²) in [4.78, 5) is 16.0. The van der Waals surface area contributed by atoms with Crippen molar-refractivity contribution in [3.63, 3.8) is 0 Å². The van der Waals surface area contributed by atoms with Crippen molar-refractivity contribution in [2.24, 2.45) is 0 Å². The number of carbonyl (C=O) groups is 1. The summed E-state index contributed by atoms with van der Waals surface area (Å²) in [6, 6.07) is 7.94. The predicted octanol–water partition coefficient (Wildman–Crippen LogP) is 2.15. The third-order valence-electron chi connectivity index (χ3n) is 3.79. The molecular weight excluding hydrogens is 290 g/mol. The van der Waals surface area contributed by atoms with E-state index in [2.05, 4.69) is 24.1 Å². The molecule has 0 aliphatic carbocycles. The first kappa shape index (κ1) is 19.5. The fourth-order valence-electron chi connectivity index (χ4n) is 2.34. The summed E-state index contributed by atoms with van der Waals surface area (Å²) < 4.78 is 5.77. The van der Waals surface area contributed by atoms with Crippen LogP contribution in [-0.2, 0) is 4.79 Å². The Labute approximate surface area is 140 Å². The summed E-state index contributed by atoms with van der Waals surface area (Å²) in [7, 11) is 3.77. The Kier molecular flexibility index (Phi) is 8.66. The molecule has 0 aromatic heterocycles. The summed E-state index contributed by atoms with van der Waals surface area (Å²) >= 11 is 0. The zero-order valence-corrected chi connectivity index (χ0v) is 15.1. The van der Waals surface area contributed by atoms with Gasteiger partial charge in [-0.15, -0.1) is 0 Å². The fraction of sp³-hybridized carbons (Fsp3) is 0.611. The van der Waals surface area contributed by atoms with Crippen LogP contribution in [0.25, 0.3) is 0 Å². The summed E-state index contributed by atoms with van der Waals surface area (Å²) in [5.41, 5.74) is 1.08. The molecule has 1 rings (SSSR count). The van der Waals surface area contributed by atoms with Gasteiger partial charge >= 0.3 is 0 Å². The number of rotatable bonds is 10. The Morgan fingerprint density at radius 1 is 1.17 bits per heavy atom. The van der Waals surface area contributed by atoms with Crippen molar-refractivity contribution in [1.29, 1.82) is 0 Å². The molecule has 5 nitrogen and oxygen atoms in total. The van der Waals surface area contributed by atoms with Gasteiger partial charge in [0.15, 0.2) is 0 Å². The zero-order valence-electron chi connectivity index (χ0n) is 15.1. The molecule has 0 radical (unpaired) electrons. The molecule has 0 bridgehead atoms. The number of hydrogen-bond donors (Lipinski definition) is 1. The van der Waals surface area contributed by atoms with Gasteiger partial charge < -0.3 is 19.9 Å². The Bertz CT molecular complexity index is 456. The topological polar surface area (TPSA) is 44.8 Å². The maximum atomic E-state index is 11.8. The van der Waals surface area contributed by atoms with E-state index in [0.29, 0.717) is 13.2 Å². The molecule has 0 heterocycles. The molecule has 1 aromatic rings. The molecule has 5 heteroatoms. The van der Waals surface area contributed by atoms with E-state index >= 15 is 0 Å². The highest BCUT2D eigenvalue weighted by atomic mass is 16.5. The molecule has 1 amide bonds. The van der Waals surface area contributed by atoms with Crippen molar-refractivity contribution in [1.82, 2.24) is 15.1 Å². The van der Waals surface area contributed by atoms with E-state index < -0.39 is 0 Å². The molecule has 1 aromatic carbocycles. The van der Waals surface area contributed by atoms with Crippen LogP contribution in [0.5, 0.6) is 5.75 Å². The molecule has 1 atom stereocenters. The van der Waals surface area contributed by atoms with Gasteiger partial charge in [-0.25, -0.2) is 0 Å². The number of nitrogens with one attached hydrogen (secondary N) is 1. The van der Waals surface area contributed by atoms with E-state index in [9.17, 15) is 4.79 Å². The van der Waals surface area contributed by atoms with Gasteiger partial charge in [0.2, 0.25) is 5.91 Å². The van der Waals surface area contributed by atoms with Crippen molar-refractivity contribution in [3.8, 4) is 5.75 Å². The van der Waals surface area contributed by atoms with E-state index in [1.807, 2.05) is 50.2 Å². The first-order valence-corrected chi connectivity index (χ1v) is 8.35. The van der Waals surface area contributed by atoms with Crippen LogP contribution in [0.3, 0.4) is 0 Å². The molecule has 130 valence electrons. The predicted molar refractivity (Wildman–Crippen MR) is 94.8 cm³/mol. The fourth-order valence-corrected chi connectivity index (χ4v) is 2.34. The van der Waals surface area contributed by atoms with Gasteiger partial charge in [0.1, 0.15) is 12.4 Å². The quantitative estimate of drug-likeness (QED) is 0.717. The van der Waals surface area contributed by atoms with E-state index in [0.717, 1.165) is 30.9 Å². The van der Waals surface area contributed by atoms with Gasteiger partial charge in [-0.2, -0.15) is 0 Å². The van der Waals surface area contributed by atoms with Gasteiger partial charge in [-0.3, -0.25) is 4.79 Å². The van der Waals surface area contributed by atoms with Crippen molar-refractivity contribution in [3.05, 3.63) is 29.8 Å². The average Bonchev–Trinajstić information content (AvgIpc) is 2.51. The summed E-state index contributed by atoms with van der Waals surface area (Å²) in [6.45, 7) is 10.4. The lowest BCUT2D eigenvalue weighted by atomic mass is 10.1. The van der Waals surface area contributed by atoms with Crippen LogP contribution in [-0.4, -0.2) is 62.6 Å². The third kappa shape index (κ3) is 7.48. The first-order chi connectivity index (χ1) is 11.0. The second kappa shape index (κ2) is 10.2. The number of hydrogen-bond acceptors (Lipinski definition) is 4. The molecule has 0 saturated heterocycles. The number of nitrogens with zero attached hydrogens (tertiary/aromatic N) is 2. The van der Waals surface area contributed by atoms with Crippen LogP contribution in [0.15, 0.2) is 24.3 Å². The van der Waals surface area contributed by atoms with Crippen LogP contribution in [0.1, 0.15) is 32.4 Å². The van der Waals surface area contributed by atoms with Crippen molar-refractivity contribution in [2.45, 2.75) is 26.8 Å². The molecule has 23 heavy (non-hydrogen) atoms. The Morgan fingerprint density at radius 2 is 1.78 bits per heavy atom. The number of likely N-dealkylation sites (N-methyl/N-ethyl adjacent to an activating group) is 2. The molecule has 0 fully saturated rings. The SMILES string of the molecule is CCN(CC)CCOc1ccc(C(C)NC(=O)CN(C)C)cc1. The Morgan fingerprint density at radius 3 is 2.30 bits per heavy atom. The summed E-state index contributed by atoms with van der Waals surface area (Å²) in [5, 5.41) is 2.99. The highest BCUT2D eigenvalue weighted by Gasteiger charge is 2.10. The molecule has 1 N–H and O–H groups in total. The van der Waals surface area contributed by atoms with Crippen molar-refractivity contribution < 1.29 is 9.53 Å². The normalized spacial score (nSPS) is 12.5. The third-order valence-corrected chi connectivity index (χ3v) is 3.79. The van der Waals surface area contributed by atoms with Gasteiger partial charge in [-0.1, -0.05) is 26.0 Å². The maximum absolute atomic E-state index is 11.8. The van der Waals surface area contributed by atoms with E-state index in [-0.39, 0.29) is 11.9 Å². The minimum Gasteiger partial charge on any atom is -0.492 e. The lowest BCUT2D eigenvalue weighted by molar-refractivity contribution is -0.122. The van der Waals surface area contributed by atoms with Crippen molar-refractivity contribution >= 4 is 5.91 Å². The number of ether oxygens (including phenoxy) is 1. The maximum Gasteiger partial charge on any atom is 0.234 e. The summed E-state index contributed by atoms with van der Waals surface area (Å²) in [6.07, 6.45) is 0. The molecule has 0 saturated carbocycles. The zero-order chi connectivity index (χ0) is 17.2. The van der Waals surface area contributed by atoms with Gasteiger partial charge in [0, 0.05) is 6.54 Å². The molecular formula is C18H31N3O2. The lowest BCUT2D eigenvalue weighted by Gasteiger charge is -2.19. The highest BCUT2D eigenvalue weighted by molar-refractivity contribution is 5.78. The number of carbonyl (C=O) groups excluding carboxylic acids is 1. The largest absolute Gasteiger partial charge is 0.492 e. The highest BCUT2D eigenvalue weighted by Crippen LogP contribution is 2.17. The monoisotopic (exact) mass is 321 g/mol. The van der Waals surface area contributed by atoms with E-state index in [4.69, 9.17) is 4.74 Å². The molecule has 0 aliphatic rings. The standard InChI is InChI=1S/C18H31N3O2/c1-6-21(7-2)12-13-23-17-10-8-16(9-11-17)15(3)19-18(22)14-20(4)5/h8-11,15H,6-7,12-14H2,1-5H3,(H,19,22). The molecule has 0 spiro atoms. The van der Waals surface area contributed by atoms with Crippen molar-refractivity contribution in [2.75, 3.05) is 46.9 Å². The van der Waals surface area contributed by atoms with Crippen LogP contribution >= 0.6 is 0 Å². The van der Waals surface area contributed by atoms with E-state index in [1.54, 1.807) is 0 Å². The number of amides is 1. The minimum atomic E-state index is -0.00725.